The van der Waals surface area contributed by atoms with Gasteiger partial charge in [-0.1, -0.05) is 42.1 Å². The molecule has 1 fully saturated rings. The molecule has 1 aliphatic rings. The molecule has 0 spiro atoms. The molecule has 1 aromatic heterocycles. The van der Waals surface area contributed by atoms with Crippen LogP contribution in [-0.2, 0) is 11.3 Å². The minimum absolute atomic E-state index is 0.0730. The summed E-state index contributed by atoms with van der Waals surface area (Å²) in [6.45, 7) is 3.48. The van der Waals surface area contributed by atoms with E-state index in [0.29, 0.717) is 11.7 Å². The number of nitrogens with zero attached hydrogens (tertiary/aromatic N) is 3. The lowest BCUT2D eigenvalue weighted by Crippen LogP contribution is -2.27. The van der Waals surface area contributed by atoms with Crippen molar-refractivity contribution in [1.29, 1.82) is 0 Å². The van der Waals surface area contributed by atoms with Crippen LogP contribution in [0, 0.1) is 12.8 Å². The number of benzene rings is 1. The molecule has 2 aromatic rings. The Bertz CT molecular complexity index is 637. The van der Waals surface area contributed by atoms with E-state index >= 15 is 0 Å². The predicted molar refractivity (Wildman–Crippen MR) is 86.8 cm³/mol. The molecule has 6 heteroatoms. The zero-order valence-electron chi connectivity index (χ0n) is 12.7. The fourth-order valence-corrected chi connectivity index (χ4v) is 2.99. The summed E-state index contributed by atoms with van der Waals surface area (Å²) in [6, 6.07) is 10.2. The first-order chi connectivity index (χ1) is 10.7. The molecule has 1 heterocycles. The Morgan fingerprint density at radius 2 is 2.09 bits per heavy atom. The summed E-state index contributed by atoms with van der Waals surface area (Å²) in [4.78, 5) is 11.8. The van der Waals surface area contributed by atoms with Gasteiger partial charge in [0.2, 0.25) is 5.91 Å². The second-order valence-electron chi connectivity index (χ2n) is 5.64. The fourth-order valence-electron chi connectivity index (χ4n) is 2.18. The largest absolute Gasteiger partial charge is 0.355 e. The summed E-state index contributed by atoms with van der Waals surface area (Å²) >= 11 is 1.44. The number of amides is 1. The van der Waals surface area contributed by atoms with E-state index in [1.807, 2.05) is 29.7 Å². The van der Waals surface area contributed by atoms with Crippen molar-refractivity contribution < 1.29 is 4.79 Å². The van der Waals surface area contributed by atoms with Crippen LogP contribution >= 0.6 is 11.8 Å². The number of hydrogen-bond donors (Lipinski definition) is 1. The van der Waals surface area contributed by atoms with E-state index < -0.39 is 0 Å². The molecular formula is C16H20N4OS. The molecule has 0 aliphatic heterocycles. The molecular weight excluding hydrogens is 296 g/mol. The number of carbonyl (C=O) groups excluding carboxylic acids is 1. The zero-order chi connectivity index (χ0) is 15.4. The minimum Gasteiger partial charge on any atom is -0.355 e. The van der Waals surface area contributed by atoms with E-state index in [2.05, 4.69) is 27.6 Å². The fraction of sp³-hybridized carbons (Fsp3) is 0.438. The maximum absolute atomic E-state index is 11.8. The predicted octanol–water partition coefficient (Wildman–Crippen LogP) is 2.25. The maximum Gasteiger partial charge on any atom is 0.230 e. The molecule has 1 saturated carbocycles. The van der Waals surface area contributed by atoms with E-state index in [9.17, 15) is 4.79 Å². The summed E-state index contributed by atoms with van der Waals surface area (Å²) in [5.41, 5.74) is 1.20. The van der Waals surface area contributed by atoms with Crippen molar-refractivity contribution in [1.82, 2.24) is 20.1 Å². The monoisotopic (exact) mass is 316 g/mol. The highest BCUT2D eigenvalue weighted by atomic mass is 32.2. The first-order valence-electron chi connectivity index (χ1n) is 7.55. The van der Waals surface area contributed by atoms with Crippen LogP contribution in [0.15, 0.2) is 35.5 Å². The summed E-state index contributed by atoms with van der Waals surface area (Å²) in [5, 5.41) is 12.1. The molecule has 0 bridgehead atoms. The number of nitrogens with one attached hydrogen (secondary N) is 1. The van der Waals surface area contributed by atoms with Crippen molar-refractivity contribution in [2.75, 3.05) is 12.3 Å². The van der Waals surface area contributed by atoms with Gasteiger partial charge >= 0.3 is 0 Å². The smallest absolute Gasteiger partial charge is 0.230 e. The average molecular weight is 316 g/mol. The normalized spacial score (nSPS) is 14.0. The van der Waals surface area contributed by atoms with Crippen molar-refractivity contribution in [2.24, 2.45) is 5.92 Å². The Morgan fingerprint density at radius 1 is 1.32 bits per heavy atom. The summed E-state index contributed by atoms with van der Waals surface area (Å²) in [5.74, 6) is 2.03. The van der Waals surface area contributed by atoms with E-state index in [-0.39, 0.29) is 5.91 Å². The molecule has 1 N–H and O–H groups in total. The standard InChI is InChI=1S/C16H20N4OS/c1-12-18-19-16(20(12)10-14-5-3-2-4-6-14)22-11-15(21)17-9-13-7-8-13/h2-6,13H,7-11H2,1H3,(H,17,21). The molecule has 0 saturated heterocycles. The average Bonchev–Trinajstić information content (AvgIpc) is 3.30. The van der Waals surface area contributed by atoms with Gasteiger partial charge in [0.25, 0.3) is 0 Å². The van der Waals surface area contributed by atoms with Gasteiger partial charge in [-0.3, -0.25) is 4.79 Å². The van der Waals surface area contributed by atoms with Gasteiger partial charge in [0.1, 0.15) is 5.82 Å². The third-order valence-electron chi connectivity index (χ3n) is 3.70. The van der Waals surface area contributed by atoms with Crippen LogP contribution in [0.1, 0.15) is 24.2 Å². The second-order valence-corrected chi connectivity index (χ2v) is 6.58. The Hall–Kier alpha value is -1.82. The van der Waals surface area contributed by atoms with Crippen LogP contribution in [0.25, 0.3) is 0 Å². The first kappa shape index (κ1) is 15.1. The summed E-state index contributed by atoms with van der Waals surface area (Å²) in [7, 11) is 0. The molecule has 1 amide bonds. The first-order valence-corrected chi connectivity index (χ1v) is 8.54. The van der Waals surface area contributed by atoms with E-state index in [0.717, 1.165) is 24.1 Å². The molecule has 0 atom stereocenters. The third kappa shape index (κ3) is 4.10. The molecule has 5 nitrogen and oxygen atoms in total. The lowest BCUT2D eigenvalue weighted by atomic mass is 10.2. The Kier molecular flexibility index (Phi) is 4.77. The molecule has 1 aromatic carbocycles. The highest BCUT2D eigenvalue weighted by Crippen LogP contribution is 2.27. The van der Waals surface area contributed by atoms with Gasteiger partial charge in [-0.05, 0) is 31.2 Å². The van der Waals surface area contributed by atoms with Gasteiger partial charge in [-0.25, -0.2) is 0 Å². The van der Waals surface area contributed by atoms with E-state index in [1.54, 1.807) is 0 Å². The van der Waals surface area contributed by atoms with Crippen molar-refractivity contribution in [3.05, 3.63) is 41.7 Å². The van der Waals surface area contributed by atoms with Gasteiger partial charge in [-0.15, -0.1) is 10.2 Å². The number of thioether (sulfide) groups is 1. The van der Waals surface area contributed by atoms with Gasteiger partial charge in [0.15, 0.2) is 5.16 Å². The summed E-state index contributed by atoms with van der Waals surface area (Å²) < 4.78 is 2.05. The van der Waals surface area contributed by atoms with Crippen LogP contribution in [0.2, 0.25) is 0 Å². The van der Waals surface area contributed by atoms with Crippen molar-refractivity contribution in [3.8, 4) is 0 Å². The third-order valence-corrected chi connectivity index (χ3v) is 4.67. The zero-order valence-corrected chi connectivity index (χ0v) is 13.5. The number of carbonyl (C=O) groups is 1. The van der Waals surface area contributed by atoms with Gasteiger partial charge < -0.3 is 9.88 Å². The minimum atomic E-state index is 0.0730. The highest BCUT2D eigenvalue weighted by Gasteiger charge is 2.21. The van der Waals surface area contributed by atoms with Crippen LogP contribution in [-0.4, -0.2) is 33.0 Å². The quantitative estimate of drug-likeness (QED) is 0.796. The Morgan fingerprint density at radius 3 is 2.82 bits per heavy atom. The van der Waals surface area contributed by atoms with Crippen LogP contribution in [0.3, 0.4) is 0 Å². The van der Waals surface area contributed by atoms with Crippen molar-refractivity contribution >= 4 is 17.7 Å². The van der Waals surface area contributed by atoms with Gasteiger partial charge in [0.05, 0.1) is 12.3 Å². The topological polar surface area (TPSA) is 59.8 Å². The maximum atomic E-state index is 11.8. The Labute approximate surface area is 134 Å². The van der Waals surface area contributed by atoms with Crippen molar-refractivity contribution in [3.63, 3.8) is 0 Å². The molecule has 116 valence electrons. The molecule has 0 unspecified atom stereocenters. The van der Waals surface area contributed by atoms with Gasteiger partial charge in [0, 0.05) is 6.54 Å². The van der Waals surface area contributed by atoms with Crippen LogP contribution in [0.5, 0.6) is 0 Å². The second kappa shape index (κ2) is 6.96. The number of hydrogen-bond acceptors (Lipinski definition) is 4. The van der Waals surface area contributed by atoms with E-state index in [4.69, 9.17) is 0 Å². The van der Waals surface area contributed by atoms with Crippen LogP contribution < -0.4 is 5.32 Å². The molecule has 22 heavy (non-hydrogen) atoms. The lowest BCUT2D eigenvalue weighted by Gasteiger charge is -2.08. The van der Waals surface area contributed by atoms with Crippen LogP contribution in [0.4, 0.5) is 0 Å². The Balaban J connectivity index is 1.57. The highest BCUT2D eigenvalue weighted by molar-refractivity contribution is 7.99. The summed E-state index contributed by atoms with van der Waals surface area (Å²) in [6.07, 6.45) is 2.50. The SMILES string of the molecule is Cc1nnc(SCC(=O)NCC2CC2)n1Cc1ccccc1. The number of aryl methyl sites for hydroxylation is 1. The molecule has 3 rings (SSSR count). The number of rotatable bonds is 7. The van der Waals surface area contributed by atoms with E-state index in [1.165, 1.54) is 30.2 Å². The van der Waals surface area contributed by atoms with Gasteiger partial charge in [-0.2, -0.15) is 0 Å². The van der Waals surface area contributed by atoms with Crippen molar-refractivity contribution in [2.45, 2.75) is 31.5 Å². The number of aromatic nitrogens is 3. The lowest BCUT2D eigenvalue weighted by molar-refractivity contribution is -0.118. The molecule has 1 aliphatic carbocycles. The molecule has 0 radical (unpaired) electrons.